The van der Waals surface area contributed by atoms with Gasteiger partial charge in [0.05, 0.1) is 24.4 Å². The molecule has 0 spiro atoms. The lowest BCUT2D eigenvalue weighted by Gasteiger charge is -2.21. The van der Waals surface area contributed by atoms with Gasteiger partial charge in [-0.2, -0.15) is 0 Å². The molecule has 6 heteroatoms. The molecule has 0 saturated carbocycles. The van der Waals surface area contributed by atoms with Crippen molar-refractivity contribution in [2.75, 3.05) is 19.7 Å². The van der Waals surface area contributed by atoms with Crippen LogP contribution in [0.2, 0.25) is 0 Å². The number of hydrogen-bond donors (Lipinski definition) is 3. The number of nitrogens with one attached hydrogen (secondary N) is 2. The molecule has 1 aromatic carbocycles. The third-order valence-corrected chi connectivity index (χ3v) is 3.58. The van der Waals surface area contributed by atoms with E-state index in [4.69, 9.17) is 4.74 Å². The fraction of sp³-hybridized carbons (Fsp3) is 0.375. The number of rotatable bonds is 6. The standard InChI is InChI=1S/C16H21N3O3/c1-3-22-15(20)13-9-18-16(21)19-14(13)10-17-11(2)12-7-5-4-6-8-12/h4-8,11,17H,3,9-10H2,1-2H3,(H2,18,19,21)/p+1/t11-/m1/s1. The van der Waals surface area contributed by atoms with E-state index < -0.39 is 0 Å². The van der Waals surface area contributed by atoms with E-state index in [1.165, 1.54) is 5.56 Å². The van der Waals surface area contributed by atoms with E-state index in [1.54, 1.807) is 6.92 Å². The first-order valence-electron chi connectivity index (χ1n) is 7.44. The predicted molar refractivity (Wildman–Crippen MR) is 81.8 cm³/mol. The third kappa shape index (κ3) is 4.08. The number of carbonyl (C=O) groups excluding carboxylic acids is 2. The Bertz CT molecular complexity index is 569. The van der Waals surface area contributed by atoms with Crippen LogP contribution < -0.4 is 16.0 Å². The Morgan fingerprint density at radius 3 is 2.77 bits per heavy atom. The number of benzene rings is 1. The second-order valence-corrected chi connectivity index (χ2v) is 5.12. The number of amides is 2. The lowest BCUT2D eigenvalue weighted by molar-refractivity contribution is -0.686. The van der Waals surface area contributed by atoms with Crippen molar-refractivity contribution >= 4 is 12.0 Å². The summed E-state index contributed by atoms with van der Waals surface area (Å²) >= 11 is 0. The Labute approximate surface area is 129 Å². The van der Waals surface area contributed by atoms with Gasteiger partial charge in [-0.15, -0.1) is 0 Å². The maximum atomic E-state index is 11.9. The molecule has 6 nitrogen and oxygen atoms in total. The van der Waals surface area contributed by atoms with Crippen molar-refractivity contribution in [2.24, 2.45) is 0 Å². The van der Waals surface area contributed by atoms with Gasteiger partial charge < -0.3 is 20.7 Å². The SMILES string of the molecule is CCOC(=O)C1=C(C[NH2+][C@H](C)c2ccccc2)NC(=O)NC1. The molecule has 118 valence electrons. The van der Waals surface area contributed by atoms with E-state index in [2.05, 4.69) is 35.0 Å². The van der Waals surface area contributed by atoms with Crippen LogP contribution in [0.4, 0.5) is 4.79 Å². The molecule has 1 aliphatic rings. The Kier molecular flexibility index (Phi) is 5.55. The largest absolute Gasteiger partial charge is 0.463 e. The quantitative estimate of drug-likeness (QED) is 0.667. The van der Waals surface area contributed by atoms with Gasteiger partial charge in [-0.3, -0.25) is 0 Å². The van der Waals surface area contributed by atoms with E-state index in [1.807, 2.05) is 18.2 Å². The number of quaternary nitrogens is 1. The summed E-state index contributed by atoms with van der Waals surface area (Å²) in [4.78, 5) is 23.4. The summed E-state index contributed by atoms with van der Waals surface area (Å²) in [6.45, 7) is 4.87. The van der Waals surface area contributed by atoms with Gasteiger partial charge >= 0.3 is 12.0 Å². The van der Waals surface area contributed by atoms with E-state index >= 15 is 0 Å². The van der Waals surface area contributed by atoms with Gasteiger partial charge in [-0.05, 0) is 13.8 Å². The van der Waals surface area contributed by atoms with Crippen LogP contribution in [0.1, 0.15) is 25.5 Å². The third-order valence-electron chi connectivity index (χ3n) is 3.58. The van der Waals surface area contributed by atoms with Crippen LogP contribution >= 0.6 is 0 Å². The second kappa shape index (κ2) is 7.61. The molecule has 22 heavy (non-hydrogen) atoms. The van der Waals surface area contributed by atoms with Crippen LogP contribution in [-0.4, -0.2) is 31.7 Å². The van der Waals surface area contributed by atoms with Crippen molar-refractivity contribution < 1.29 is 19.6 Å². The highest BCUT2D eigenvalue weighted by Crippen LogP contribution is 2.09. The summed E-state index contributed by atoms with van der Waals surface area (Å²) in [7, 11) is 0. The van der Waals surface area contributed by atoms with Crippen LogP contribution in [0.3, 0.4) is 0 Å². The summed E-state index contributed by atoms with van der Waals surface area (Å²) in [6.07, 6.45) is 0. The predicted octanol–water partition coefficient (Wildman–Crippen LogP) is 0.441. The van der Waals surface area contributed by atoms with Crippen molar-refractivity contribution in [3.05, 3.63) is 47.2 Å². The Hall–Kier alpha value is -2.34. The van der Waals surface area contributed by atoms with Crippen molar-refractivity contribution in [2.45, 2.75) is 19.9 Å². The minimum Gasteiger partial charge on any atom is -0.463 e. The van der Waals surface area contributed by atoms with Crippen LogP contribution in [0.5, 0.6) is 0 Å². The van der Waals surface area contributed by atoms with Gasteiger partial charge in [-0.25, -0.2) is 9.59 Å². The molecule has 4 N–H and O–H groups in total. The van der Waals surface area contributed by atoms with E-state index in [0.29, 0.717) is 24.4 Å². The Balaban J connectivity index is 2.06. The highest BCUT2D eigenvalue weighted by atomic mass is 16.5. The van der Waals surface area contributed by atoms with Crippen LogP contribution in [0, 0.1) is 0 Å². The second-order valence-electron chi connectivity index (χ2n) is 5.12. The van der Waals surface area contributed by atoms with Crippen LogP contribution in [0.15, 0.2) is 41.6 Å². The minimum absolute atomic E-state index is 0.202. The molecular weight excluding hydrogens is 282 g/mol. The topological polar surface area (TPSA) is 84.0 Å². The number of hydrogen-bond acceptors (Lipinski definition) is 3. The average molecular weight is 304 g/mol. The smallest absolute Gasteiger partial charge is 0.337 e. The first kappa shape index (κ1) is 16.0. The molecule has 2 amide bonds. The maximum Gasteiger partial charge on any atom is 0.337 e. The van der Waals surface area contributed by atoms with Crippen molar-refractivity contribution in [3.63, 3.8) is 0 Å². The molecule has 0 fully saturated rings. The average Bonchev–Trinajstić information content (AvgIpc) is 2.53. The van der Waals surface area contributed by atoms with Crippen molar-refractivity contribution in [1.82, 2.24) is 10.6 Å². The summed E-state index contributed by atoms with van der Waals surface area (Å²) in [5, 5.41) is 7.39. The van der Waals surface area contributed by atoms with Gasteiger partial charge in [0.15, 0.2) is 0 Å². The summed E-state index contributed by atoms with van der Waals surface area (Å²) in [5.74, 6) is -0.384. The fourth-order valence-corrected chi connectivity index (χ4v) is 2.31. The number of esters is 1. The molecular formula is C16H22N3O3+. The van der Waals surface area contributed by atoms with Gasteiger partial charge in [0.1, 0.15) is 12.6 Å². The molecule has 1 heterocycles. The van der Waals surface area contributed by atoms with Gasteiger partial charge in [0.2, 0.25) is 0 Å². The number of urea groups is 1. The summed E-state index contributed by atoms with van der Waals surface area (Å²) in [5.41, 5.74) is 2.30. The molecule has 0 bridgehead atoms. The first-order valence-corrected chi connectivity index (χ1v) is 7.44. The minimum atomic E-state index is -0.384. The zero-order chi connectivity index (χ0) is 15.9. The molecule has 1 atom stereocenters. The lowest BCUT2D eigenvalue weighted by atomic mass is 10.1. The van der Waals surface area contributed by atoms with Crippen LogP contribution in [0.25, 0.3) is 0 Å². The monoisotopic (exact) mass is 304 g/mol. The van der Waals surface area contributed by atoms with Gasteiger partial charge in [0.25, 0.3) is 0 Å². The van der Waals surface area contributed by atoms with Crippen molar-refractivity contribution in [3.8, 4) is 0 Å². The van der Waals surface area contributed by atoms with E-state index in [-0.39, 0.29) is 24.6 Å². The summed E-state index contributed by atoms with van der Waals surface area (Å²) < 4.78 is 5.04. The van der Waals surface area contributed by atoms with E-state index in [9.17, 15) is 9.59 Å². The molecule has 1 aromatic rings. The number of nitrogens with two attached hydrogens (primary N) is 1. The summed E-state index contributed by atoms with van der Waals surface area (Å²) in [6, 6.07) is 10.0. The van der Waals surface area contributed by atoms with E-state index in [0.717, 1.165) is 0 Å². The van der Waals surface area contributed by atoms with Gasteiger partial charge in [-0.1, -0.05) is 30.3 Å². The first-order chi connectivity index (χ1) is 10.6. The molecule has 0 aromatic heterocycles. The number of carbonyl (C=O) groups is 2. The molecule has 0 aliphatic carbocycles. The lowest BCUT2D eigenvalue weighted by Crippen LogP contribution is -2.86. The van der Waals surface area contributed by atoms with Crippen molar-refractivity contribution in [1.29, 1.82) is 0 Å². The highest BCUT2D eigenvalue weighted by molar-refractivity contribution is 5.93. The molecule has 0 unspecified atom stereocenters. The maximum absolute atomic E-state index is 11.9. The Morgan fingerprint density at radius 1 is 1.36 bits per heavy atom. The molecule has 0 saturated heterocycles. The zero-order valence-electron chi connectivity index (χ0n) is 12.9. The highest BCUT2D eigenvalue weighted by Gasteiger charge is 2.25. The molecule has 1 aliphatic heterocycles. The Morgan fingerprint density at radius 2 is 2.09 bits per heavy atom. The van der Waals surface area contributed by atoms with Gasteiger partial charge in [0, 0.05) is 5.56 Å². The normalized spacial score (nSPS) is 15.8. The van der Waals surface area contributed by atoms with Crippen LogP contribution in [-0.2, 0) is 9.53 Å². The number of ether oxygens (including phenoxy) is 1. The fourth-order valence-electron chi connectivity index (χ4n) is 2.31. The molecule has 0 radical (unpaired) electrons. The molecule has 2 rings (SSSR count). The zero-order valence-corrected chi connectivity index (χ0v) is 12.9.